The molecule has 1 aliphatic heterocycles. The third-order valence-electron chi connectivity index (χ3n) is 8.46. The van der Waals surface area contributed by atoms with E-state index in [1.165, 1.54) is 29.5 Å². The van der Waals surface area contributed by atoms with Gasteiger partial charge in [-0.05, 0) is 105 Å². The second-order valence-corrected chi connectivity index (χ2v) is 11.9. The summed E-state index contributed by atoms with van der Waals surface area (Å²) in [7, 11) is 0. The van der Waals surface area contributed by atoms with E-state index in [-0.39, 0.29) is 12.0 Å². The summed E-state index contributed by atoms with van der Waals surface area (Å²) in [6.07, 6.45) is 8.14. The topological polar surface area (TPSA) is 41.6 Å². The standard InChI is InChI=1S/C34H41ClN2O2/c1-25-17-20-37(21-18-25)22-19-36-34(38)30-13-16-33(32(35)24-30)39-31-14-9-27(10-15-31)23-26-7-11-29(12-8-26)28-5-3-2-4-6-28/h2-8,11-13,16,24-25,27,31H,9-10,14-15,17-23H2,1H3,(H,36,38). The van der Waals surface area contributed by atoms with Crippen LogP contribution in [0.15, 0.2) is 72.8 Å². The number of nitrogens with one attached hydrogen (secondary N) is 1. The number of hydrogen-bond acceptors (Lipinski definition) is 3. The monoisotopic (exact) mass is 544 g/mol. The van der Waals surface area contributed by atoms with Crippen LogP contribution in [0.25, 0.3) is 11.1 Å². The van der Waals surface area contributed by atoms with Gasteiger partial charge in [-0.1, -0.05) is 73.1 Å². The predicted molar refractivity (Wildman–Crippen MR) is 161 cm³/mol. The molecule has 1 saturated carbocycles. The van der Waals surface area contributed by atoms with Gasteiger partial charge in [0.05, 0.1) is 11.1 Å². The van der Waals surface area contributed by atoms with Gasteiger partial charge in [0, 0.05) is 18.7 Å². The summed E-state index contributed by atoms with van der Waals surface area (Å²) in [6, 6.07) is 25.0. The zero-order chi connectivity index (χ0) is 27.0. The number of benzene rings is 3. The van der Waals surface area contributed by atoms with E-state index < -0.39 is 0 Å². The lowest BCUT2D eigenvalue weighted by atomic mass is 9.83. The first-order valence-corrected chi connectivity index (χ1v) is 15.0. The average molecular weight is 545 g/mol. The normalized spacial score (nSPS) is 20.5. The van der Waals surface area contributed by atoms with Crippen molar-refractivity contribution in [3.05, 3.63) is 88.9 Å². The summed E-state index contributed by atoms with van der Waals surface area (Å²) >= 11 is 6.54. The van der Waals surface area contributed by atoms with E-state index in [0.717, 1.165) is 57.7 Å². The van der Waals surface area contributed by atoms with E-state index in [1.54, 1.807) is 6.07 Å². The lowest BCUT2D eigenvalue weighted by molar-refractivity contribution is 0.0944. The molecule has 1 heterocycles. The van der Waals surface area contributed by atoms with Gasteiger partial charge in [0.1, 0.15) is 5.75 Å². The fourth-order valence-electron chi connectivity index (χ4n) is 5.88. The lowest BCUT2D eigenvalue weighted by Gasteiger charge is -2.30. The van der Waals surface area contributed by atoms with Gasteiger partial charge in [0.2, 0.25) is 0 Å². The highest BCUT2D eigenvalue weighted by Gasteiger charge is 2.24. The number of nitrogens with zero attached hydrogens (tertiary/aromatic N) is 1. The van der Waals surface area contributed by atoms with E-state index in [4.69, 9.17) is 16.3 Å². The first-order valence-electron chi connectivity index (χ1n) is 14.6. The number of piperidine rings is 1. The highest BCUT2D eigenvalue weighted by Crippen LogP contribution is 2.33. The zero-order valence-corrected chi connectivity index (χ0v) is 23.8. The third kappa shape index (κ3) is 7.86. The number of amides is 1. The molecule has 0 aromatic heterocycles. The van der Waals surface area contributed by atoms with Crippen molar-refractivity contribution in [3.8, 4) is 16.9 Å². The Bertz CT molecular complexity index is 1200. The third-order valence-corrected chi connectivity index (χ3v) is 8.75. The fraction of sp³-hybridized carbons (Fsp3) is 0.441. The van der Waals surface area contributed by atoms with Crippen molar-refractivity contribution in [2.24, 2.45) is 11.8 Å². The van der Waals surface area contributed by atoms with E-state index in [1.807, 2.05) is 12.1 Å². The summed E-state index contributed by atoms with van der Waals surface area (Å²) in [5.41, 5.74) is 4.52. The molecule has 206 valence electrons. The Balaban J connectivity index is 1.05. The minimum absolute atomic E-state index is 0.0777. The molecule has 0 radical (unpaired) electrons. The second-order valence-electron chi connectivity index (χ2n) is 11.5. The molecule has 4 nitrogen and oxygen atoms in total. The summed E-state index contributed by atoms with van der Waals surface area (Å²) in [6.45, 7) is 6.12. The van der Waals surface area contributed by atoms with Crippen molar-refractivity contribution in [1.82, 2.24) is 10.2 Å². The van der Waals surface area contributed by atoms with Crippen LogP contribution >= 0.6 is 11.6 Å². The molecule has 5 heteroatoms. The molecule has 1 saturated heterocycles. The van der Waals surface area contributed by atoms with Gasteiger partial charge < -0.3 is 15.0 Å². The van der Waals surface area contributed by atoms with E-state index in [0.29, 0.717) is 28.8 Å². The molecule has 39 heavy (non-hydrogen) atoms. The van der Waals surface area contributed by atoms with Gasteiger partial charge >= 0.3 is 0 Å². The second kappa shape index (κ2) is 13.5. The van der Waals surface area contributed by atoms with Crippen molar-refractivity contribution >= 4 is 17.5 Å². The Morgan fingerprint density at radius 3 is 2.28 bits per heavy atom. The molecule has 3 aromatic carbocycles. The van der Waals surface area contributed by atoms with Crippen LogP contribution in [0.5, 0.6) is 5.75 Å². The minimum atomic E-state index is -0.0777. The van der Waals surface area contributed by atoms with Crippen LogP contribution in [0.2, 0.25) is 5.02 Å². The molecule has 0 bridgehead atoms. The van der Waals surface area contributed by atoms with Crippen LogP contribution in [-0.2, 0) is 6.42 Å². The maximum atomic E-state index is 12.6. The first-order chi connectivity index (χ1) is 19.0. The molecule has 1 amide bonds. The zero-order valence-electron chi connectivity index (χ0n) is 23.1. The number of carbonyl (C=O) groups excluding carboxylic acids is 1. The number of hydrogen-bond donors (Lipinski definition) is 1. The first kappa shape index (κ1) is 27.7. The van der Waals surface area contributed by atoms with Gasteiger partial charge in [0.15, 0.2) is 0 Å². The van der Waals surface area contributed by atoms with E-state index >= 15 is 0 Å². The number of rotatable bonds is 9. The van der Waals surface area contributed by atoms with Gasteiger partial charge in [-0.15, -0.1) is 0 Å². The van der Waals surface area contributed by atoms with Crippen LogP contribution in [0.3, 0.4) is 0 Å². The SMILES string of the molecule is CC1CCN(CCNC(=O)c2ccc(OC3CCC(Cc4ccc(-c5ccccc5)cc4)CC3)c(Cl)c2)CC1. The Morgan fingerprint density at radius 2 is 1.59 bits per heavy atom. The molecule has 0 unspecified atom stereocenters. The molecule has 0 atom stereocenters. The summed E-state index contributed by atoms with van der Waals surface area (Å²) in [5, 5.41) is 3.55. The largest absolute Gasteiger partial charge is 0.489 e. The van der Waals surface area contributed by atoms with Crippen LogP contribution in [-0.4, -0.2) is 43.1 Å². The number of ether oxygens (including phenoxy) is 1. The smallest absolute Gasteiger partial charge is 0.251 e. The highest BCUT2D eigenvalue weighted by molar-refractivity contribution is 6.32. The Morgan fingerprint density at radius 1 is 0.897 bits per heavy atom. The predicted octanol–water partition coefficient (Wildman–Crippen LogP) is 7.65. The molecule has 3 aromatic rings. The fourth-order valence-corrected chi connectivity index (χ4v) is 6.11. The van der Waals surface area contributed by atoms with Gasteiger partial charge in [-0.25, -0.2) is 0 Å². The molecule has 2 fully saturated rings. The van der Waals surface area contributed by atoms with E-state index in [2.05, 4.69) is 71.7 Å². The Kier molecular flexibility index (Phi) is 9.60. The molecule has 5 rings (SSSR count). The average Bonchev–Trinajstić information content (AvgIpc) is 2.97. The van der Waals surface area contributed by atoms with Crippen LogP contribution < -0.4 is 10.1 Å². The van der Waals surface area contributed by atoms with Crippen molar-refractivity contribution < 1.29 is 9.53 Å². The maximum Gasteiger partial charge on any atom is 0.251 e. The van der Waals surface area contributed by atoms with E-state index in [9.17, 15) is 4.79 Å². The maximum absolute atomic E-state index is 12.6. The van der Waals surface area contributed by atoms with Crippen molar-refractivity contribution in [1.29, 1.82) is 0 Å². The van der Waals surface area contributed by atoms with Crippen LogP contribution in [0, 0.1) is 11.8 Å². The molecular formula is C34H41ClN2O2. The molecular weight excluding hydrogens is 504 g/mol. The van der Waals surface area contributed by atoms with Gasteiger partial charge in [-0.3, -0.25) is 4.79 Å². The highest BCUT2D eigenvalue weighted by atomic mass is 35.5. The molecule has 2 aliphatic rings. The number of halogens is 1. The van der Waals surface area contributed by atoms with Crippen molar-refractivity contribution in [3.63, 3.8) is 0 Å². The van der Waals surface area contributed by atoms with Gasteiger partial charge in [-0.2, -0.15) is 0 Å². The van der Waals surface area contributed by atoms with Crippen molar-refractivity contribution in [2.75, 3.05) is 26.2 Å². The summed E-state index contributed by atoms with van der Waals surface area (Å²) in [4.78, 5) is 15.1. The number of carbonyl (C=O) groups is 1. The Hall–Kier alpha value is -2.82. The Labute approximate surface area is 238 Å². The molecule has 1 N–H and O–H groups in total. The lowest BCUT2D eigenvalue weighted by Crippen LogP contribution is -2.39. The number of likely N-dealkylation sites (tertiary alicyclic amines) is 1. The van der Waals surface area contributed by atoms with Crippen LogP contribution in [0.1, 0.15) is 61.4 Å². The quantitative estimate of drug-likeness (QED) is 0.301. The minimum Gasteiger partial charge on any atom is -0.489 e. The summed E-state index contributed by atoms with van der Waals surface area (Å²) < 4.78 is 6.28. The van der Waals surface area contributed by atoms with Gasteiger partial charge in [0.25, 0.3) is 5.91 Å². The molecule has 1 aliphatic carbocycles. The molecule has 0 spiro atoms. The summed E-state index contributed by atoms with van der Waals surface area (Å²) in [5.74, 6) is 2.10. The van der Waals surface area contributed by atoms with Crippen molar-refractivity contribution in [2.45, 2.75) is 58.0 Å². The van der Waals surface area contributed by atoms with Crippen LogP contribution in [0.4, 0.5) is 0 Å².